The van der Waals surface area contributed by atoms with Gasteiger partial charge in [0.25, 0.3) is 0 Å². The molecule has 0 heterocycles. The first-order valence-corrected chi connectivity index (χ1v) is 6.05. The Bertz CT molecular complexity index is 140. The number of methoxy groups -OCH3 is 1. The standard InChI is InChI=1S/C12H28N2O/c1-10(2)6-5-7-12(14-13)8-11(3)9-15-4/h10-12,14H,5-9,13H2,1-4H3. The first-order valence-electron chi connectivity index (χ1n) is 6.05. The van der Waals surface area contributed by atoms with Gasteiger partial charge in [0, 0.05) is 19.8 Å². The largest absolute Gasteiger partial charge is 0.384 e. The van der Waals surface area contributed by atoms with Gasteiger partial charge in [0.2, 0.25) is 0 Å². The van der Waals surface area contributed by atoms with Crippen LogP contribution in [-0.2, 0) is 4.74 Å². The third-order valence-corrected chi connectivity index (χ3v) is 2.71. The molecule has 0 saturated heterocycles. The van der Waals surface area contributed by atoms with Crippen molar-refractivity contribution >= 4 is 0 Å². The van der Waals surface area contributed by atoms with Crippen LogP contribution in [-0.4, -0.2) is 19.8 Å². The molecular formula is C12H28N2O. The Morgan fingerprint density at radius 3 is 2.33 bits per heavy atom. The van der Waals surface area contributed by atoms with Crippen LogP contribution in [0.5, 0.6) is 0 Å². The van der Waals surface area contributed by atoms with Crippen LogP contribution < -0.4 is 11.3 Å². The van der Waals surface area contributed by atoms with Crippen molar-refractivity contribution in [3.63, 3.8) is 0 Å². The van der Waals surface area contributed by atoms with Crippen molar-refractivity contribution in [1.82, 2.24) is 5.43 Å². The van der Waals surface area contributed by atoms with Gasteiger partial charge in [0.05, 0.1) is 0 Å². The molecule has 0 aromatic heterocycles. The Balaban J connectivity index is 3.62. The van der Waals surface area contributed by atoms with Crippen molar-refractivity contribution in [2.45, 2.75) is 52.5 Å². The summed E-state index contributed by atoms with van der Waals surface area (Å²) in [5.41, 5.74) is 2.91. The molecule has 3 nitrogen and oxygen atoms in total. The van der Waals surface area contributed by atoms with E-state index in [9.17, 15) is 0 Å². The molecule has 2 unspecified atom stereocenters. The van der Waals surface area contributed by atoms with E-state index in [-0.39, 0.29) is 0 Å². The Hall–Kier alpha value is -0.120. The maximum Gasteiger partial charge on any atom is 0.0488 e. The zero-order valence-electron chi connectivity index (χ0n) is 10.8. The molecule has 0 bridgehead atoms. The highest BCUT2D eigenvalue weighted by Gasteiger charge is 2.11. The lowest BCUT2D eigenvalue weighted by molar-refractivity contribution is 0.148. The molecule has 0 fully saturated rings. The first kappa shape index (κ1) is 14.9. The molecule has 0 aliphatic heterocycles. The molecule has 3 heteroatoms. The summed E-state index contributed by atoms with van der Waals surface area (Å²) in [7, 11) is 1.75. The Labute approximate surface area is 94.7 Å². The number of nitrogens with two attached hydrogens (primary N) is 1. The van der Waals surface area contributed by atoms with Gasteiger partial charge in [0.1, 0.15) is 0 Å². The van der Waals surface area contributed by atoms with E-state index in [1.165, 1.54) is 19.3 Å². The summed E-state index contributed by atoms with van der Waals surface area (Å²) in [4.78, 5) is 0. The van der Waals surface area contributed by atoms with Crippen LogP contribution in [0.1, 0.15) is 46.5 Å². The molecule has 0 aliphatic carbocycles. The summed E-state index contributed by atoms with van der Waals surface area (Å²) in [5.74, 6) is 6.91. The van der Waals surface area contributed by atoms with Gasteiger partial charge in [-0.1, -0.05) is 33.6 Å². The smallest absolute Gasteiger partial charge is 0.0488 e. The number of ether oxygens (including phenoxy) is 1. The number of rotatable bonds is 9. The van der Waals surface area contributed by atoms with Crippen molar-refractivity contribution < 1.29 is 4.74 Å². The number of hydrogen-bond donors (Lipinski definition) is 2. The van der Waals surface area contributed by atoms with Crippen molar-refractivity contribution in [2.75, 3.05) is 13.7 Å². The monoisotopic (exact) mass is 216 g/mol. The molecule has 0 rings (SSSR count). The molecule has 0 aliphatic rings. The molecule has 15 heavy (non-hydrogen) atoms. The van der Waals surface area contributed by atoms with Gasteiger partial charge in [0.15, 0.2) is 0 Å². The van der Waals surface area contributed by atoms with Gasteiger partial charge in [-0.25, -0.2) is 0 Å². The van der Waals surface area contributed by atoms with Crippen LogP contribution >= 0.6 is 0 Å². The predicted octanol–water partition coefficient (Wildman–Crippen LogP) is 2.32. The molecular weight excluding hydrogens is 188 g/mol. The molecule has 0 spiro atoms. The van der Waals surface area contributed by atoms with Gasteiger partial charge in [-0.15, -0.1) is 0 Å². The van der Waals surface area contributed by atoms with E-state index in [0.29, 0.717) is 12.0 Å². The Kier molecular flexibility index (Phi) is 9.06. The fourth-order valence-corrected chi connectivity index (χ4v) is 1.88. The van der Waals surface area contributed by atoms with Crippen molar-refractivity contribution in [3.05, 3.63) is 0 Å². The normalized spacial score (nSPS) is 15.6. The minimum Gasteiger partial charge on any atom is -0.384 e. The van der Waals surface area contributed by atoms with E-state index >= 15 is 0 Å². The molecule has 92 valence electrons. The second kappa shape index (κ2) is 9.13. The Morgan fingerprint density at radius 2 is 1.87 bits per heavy atom. The maximum atomic E-state index is 5.54. The van der Waals surface area contributed by atoms with E-state index < -0.39 is 0 Å². The molecule has 0 saturated carbocycles. The number of hydrazine groups is 1. The Morgan fingerprint density at radius 1 is 1.20 bits per heavy atom. The molecule has 0 aromatic rings. The van der Waals surface area contributed by atoms with Gasteiger partial charge < -0.3 is 4.74 Å². The first-order chi connectivity index (χ1) is 7.10. The van der Waals surface area contributed by atoms with E-state index in [2.05, 4.69) is 26.2 Å². The van der Waals surface area contributed by atoms with E-state index in [4.69, 9.17) is 10.6 Å². The topological polar surface area (TPSA) is 47.3 Å². The van der Waals surface area contributed by atoms with Crippen LogP contribution in [0.3, 0.4) is 0 Å². The maximum absolute atomic E-state index is 5.54. The SMILES string of the molecule is COCC(C)CC(CCCC(C)C)NN. The van der Waals surface area contributed by atoms with Gasteiger partial charge in [-0.05, 0) is 24.7 Å². The predicted molar refractivity (Wildman–Crippen MR) is 65.5 cm³/mol. The minimum atomic E-state index is 0.439. The lowest BCUT2D eigenvalue weighted by Gasteiger charge is -2.20. The summed E-state index contributed by atoms with van der Waals surface area (Å²) in [6, 6.07) is 0.439. The van der Waals surface area contributed by atoms with Crippen LogP contribution in [0.4, 0.5) is 0 Å². The van der Waals surface area contributed by atoms with Gasteiger partial charge in [-0.3, -0.25) is 11.3 Å². The summed E-state index contributed by atoms with van der Waals surface area (Å²) >= 11 is 0. The van der Waals surface area contributed by atoms with E-state index in [1.807, 2.05) is 0 Å². The van der Waals surface area contributed by atoms with Gasteiger partial charge >= 0.3 is 0 Å². The van der Waals surface area contributed by atoms with Crippen molar-refractivity contribution in [2.24, 2.45) is 17.7 Å². The average molecular weight is 216 g/mol. The minimum absolute atomic E-state index is 0.439. The van der Waals surface area contributed by atoms with Gasteiger partial charge in [-0.2, -0.15) is 0 Å². The number of nitrogens with one attached hydrogen (secondary N) is 1. The molecule has 0 amide bonds. The van der Waals surface area contributed by atoms with E-state index in [1.54, 1.807) is 7.11 Å². The summed E-state index contributed by atoms with van der Waals surface area (Å²) in [6.07, 6.45) is 4.81. The summed E-state index contributed by atoms with van der Waals surface area (Å²) < 4.78 is 5.12. The fourth-order valence-electron chi connectivity index (χ4n) is 1.88. The zero-order chi connectivity index (χ0) is 11.7. The zero-order valence-corrected chi connectivity index (χ0v) is 10.8. The highest BCUT2D eigenvalue weighted by atomic mass is 16.5. The van der Waals surface area contributed by atoms with Crippen LogP contribution in [0.2, 0.25) is 0 Å². The third-order valence-electron chi connectivity index (χ3n) is 2.71. The quantitative estimate of drug-likeness (QED) is 0.459. The van der Waals surface area contributed by atoms with Crippen LogP contribution in [0.25, 0.3) is 0 Å². The lowest BCUT2D eigenvalue weighted by atomic mass is 9.96. The molecule has 2 atom stereocenters. The molecule has 3 N–H and O–H groups in total. The second-order valence-corrected chi connectivity index (χ2v) is 4.98. The average Bonchev–Trinajstić information content (AvgIpc) is 2.16. The van der Waals surface area contributed by atoms with Crippen LogP contribution in [0, 0.1) is 11.8 Å². The summed E-state index contributed by atoms with van der Waals surface area (Å²) in [6.45, 7) is 7.55. The highest BCUT2D eigenvalue weighted by Crippen LogP contribution is 2.13. The molecule has 0 aromatic carbocycles. The summed E-state index contributed by atoms with van der Waals surface area (Å²) in [5, 5.41) is 0. The number of hydrogen-bond acceptors (Lipinski definition) is 3. The molecule has 0 radical (unpaired) electrons. The highest BCUT2D eigenvalue weighted by molar-refractivity contribution is 4.67. The fraction of sp³-hybridized carbons (Fsp3) is 1.00. The lowest BCUT2D eigenvalue weighted by Crippen LogP contribution is -2.36. The van der Waals surface area contributed by atoms with E-state index in [0.717, 1.165) is 18.9 Å². The van der Waals surface area contributed by atoms with Crippen molar-refractivity contribution in [1.29, 1.82) is 0 Å². The second-order valence-electron chi connectivity index (χ2n) is 4.98. The van der Waals surface area contributed by atoms with Crippen LogP contribution in [0.15, 0.2) is 0 Å². The third kappa shape index (κ3) is 8.85. The van der Waals surface area contributed by atoms with Crippen molar-refractivity contribution in [3.8, 4) is 0 Å².